The summed E-state index contributed by atoms with van der Waals surface area (Å²) < 4.78 is 0. The summed E-state index contributed by atoms with van der Waals surface area (Å²) in [6.07, 6.45) is 0.571. The number of benzene rings is 1. The number of halogens is 2. The normalized spacial score (nSPS) is 21.4. The molecule has 1 atom stereocenters. The zero-order valence-electron chi connectivity index (χ0n) is 9.89. The van der Waals surface area contributed by atoms with Crippen LogP contribution in [0.1, 0.15) is 6.42 Å². The third-order valence-corrected chi connectivity index (χ3v) is 3.26. The van der Waals surface area contributed by atoms with Crippen molar-refractivity contribution in [3.63, 3.8) is 0 Å². The van der Waals surface area contributed by atoms with Crippen molar-refractivity contribution in [3.8, 4) is 0 Å². The first kappa shape index (κ1) is 15.1. The first-order chi connectivity index (χ1) is 7.84. The van der Waals surface area contributed by atoms with Crippen molar-refractivity contribution in [1.82, 2.24) is 5.32 Å². The Labute approximate surface area is 119 Å². The molecule has 2 heterocycles. The molecule has 2 aliphatic rings. The van der Waals surface area contributed by atoms with Crippen molar-refractivity contribution in [1.29, 1.82) is 0 Å². The second kappa shape index (κ2) is 6.27. The first-order valence-electron chi connectivity index (χ1n) is 5.71. The molecule has 0 radical (unpaired) electrons. The number of piperazine rings is 1. The minimum atomic E-state index is 0. The van der Waals surface area contributed by atoms with Crippen LogP contribution in [0.4, 0.5) is 11.4 Å². The van der Waals surface area contributed by atoms with Crippen molar-refractivity contribution < 1.29 is 4.79 Å². The molecule has 2 N–H and O–H groups in total. The molecule has 1 aromatic carbocycles. The lowest BCUT2D eigenvalue weighted by atomic mass is 10.1. The topological polar surface area (TPSA) is 44.4 Å². The van der Waals surface area contributed by atoms with Crippen LogP contribution in [0.5, 0.6) is 0 Å². The molecule has 0 bridgehead atoms. The van der Waals surface area contributed by atoms with Crippen LogP contribution in [0.2, 0.25) is 0 Å². The number of rotatable bonds is 0. The second-order valence-electron chi connectivity index (χ2n) is 4.32. The number of carbonyl (C=O) groups excluding carboxylic acids is 1. The van der Waals surface area contributed by atoms with Gasteiger partial charge >= 0.3 is 0 Å². The lowest BCUT2D eigenvalue weighted by molar-refractivity contribution is -0.116. The van der Waals surface area contributed by atoms with E-state index in [-0.39, 0.29) is 36.8 Å². The number of nitrogens with one attached hydrogen (secondary N) is 2. The van der Waals surface area contributed by atoms with Gasteiger partial charge in [0.2, 0.25) is 5.91 Å². The van der Waals surface area contributed by atoms with E-state index in [0.717, 1.165) is 31.0 Å². The maximum atomic E-state index is 11.7. The molecule has 1 fully saturated rings. The molecule has 4 nitrogen and oxygen atoms in total. The van der Waals surface area contributed by atoms with Gasteiger partial charge in [-0.05, 0) is 12.1 Å². The minimum absolute atomic E-state index is 0. The van der Waals surface area contributed by atoms with Crippen molar-refractivity contribution in [2.75, 3.05) is 29.9 Å². The van der Waals surface area contributed by atoms with Gasteiger partial charge in [-0.3, -0.25) is 4.79 Å². The third-order valence-electron chi connectivity index (χ3n) is 3.26. The van der Waals surface area contributed by atoms with Gasteiger partial charge in [0.1, 0.15) is 0 Å². The summed E-state index contributed by atoms with van der Waals surface area (Å²) >= 11 is 0. The predicted molar refractivity (Wildman–Crippen MR) is 78.2 cm³/mol. The Kier molecular flexibility index (Phi) is 5.26. The van der Waals surface area contributed by atoms with Gasteiger partial charge in [0.25, 0.3) is 0 Å². The van der Waals surface area contributed by atoms with Crippen LogP contribution in [-0.4, -0.2) is 31.6 Å². The standard InChI is InChI=1S/C12H15N3O.2ClH/c16-12-7-9-8-13-5-6-15(9)11-4-2-1-3-10(11)14-12;;/h1-4,9,13H,5-8H2,(H,14,16);2*1H. The fourth-order valence-electron chi connectivity index (χ4n) is 2.51. The van der Waals surface area contributed by atoms with Gasteiger partial charge in [-0.15, -0.1) is 24.8 Å². The van der Waals surface area contributed by atoms with Gasteiger partial charge in [-0.25, -0.2) is 0 Å². The lowest BCUT2D eigenvalue weighted by Crippen LogP contribution is -2.51. The van der Waals surface area contributed by atoms with E-state index in [1.807, 2.05) is 18.2 Å². The quantitative estimate of drug-likeness (QED) is 0.763. The van der Waals surface area contributed by atoms with Gasteiger partial charge in [0, 0.05) is 26.1 Å². The SMILES string of the molecule is Cl.Cl.O=C1CC2CNCCN2c2ccccc2N1. The fraction of sp³-hybridized carbons (Fsp3) is 0.417. The van der Waals surface area contributed by atoms with E-state index in [1.165, 1.54) is 0 Å². The number of amides is 1. The highest BCUT2D eigenvalue weighted by Crippen LogP contribution is 2.31. The van der Waals surface area contributed by atoms with Crippen molar-refractivity contribution in [2.24, 2.45) is 0 Å². The van der Waals surface area contributed by atoms with Gasteiger partial charge in [0.05, 0.1) is 17.4 Å². The molecule has 0 aliphatic carbocycles. The summed E-state index contributed by atoms with van der Waals surface area (Å²) in [5.74, 6) is 0.114. The van der Waals surface area contributed by atoms with Gasteiger partial charge < -0.3 is 15.5 Å². The molecule has 1 unspecified atom stereocenters. The number of carbonyl (C=O) groups is 1. The van der Waals surface area contributed by atoms with E-state index in [9.17, 15) is 4.79 Å². The molecular formula is C12H17Cl2N3O. The molecule has 3 rings (SSSR count). The molecule has 0 aromatic heterocycles. The second-order valence-corrected chi connectivity index (χ2v) is 4.32. The highest BCUT2D eigenvalue weighted by Gasteiger charge is 2.29. The van der Waals surface area contributed by atoms with E-state index in [1.54, 1.807) is 0 Å². The molecular weight excluding hydrogens is 273 g/mol. The van der Waals surface area contributed by atoms with E-state index < -0.39 is 0 Å². The van der Waals surface area contributed by atoms with Crippen LogP contribution < -0.4 is 15.5 Å². The largest absolute Gasteiger partial charge is 0.364 e. The van der Waals surface area contributed by atoms with Crippen molar-refractivity contribution >= 4 is 42.1 Å². The third kappa shape index (κ3) is 2.71. The zero-order chi connectivity index (χ0) is 11.0. The summed E-state index contributed by atoms with van der Waals surface area (Å²) in [5, 5.41) is 6.31. The number of hydrogen-bond acceptors (Lipinski definition) is 3. The highest BCUT2D eigenvalue weighted by molar-refractivity contribution is 5.96. The van der Waals surface area contributed by atoms with Gasteiger partial charge in [-0.1, -0.05) is 12.1 Å². The monoisotopic (exact) mass is 289 g/mol. The molecule has 1 aromatic rings. The van der Waals surface area contributed by atoms with E-state index in [2.05, 4.69) is 21.6 Å². The molecule has 18 heavy (non-hydrogen) atoms. The Balaban J connectivity index is 0.000000810. The molecule has 1 saturated heterocycles. The Morgan fingerprint density at radius 2 is 2.00 bits per heavy atom. The van der Waals surface area contributed by atoms with Crippen LogP contribution in [0.3, 0.4) is 0 Å². The summed E-state index contributed by atoms with van der Waals surface area (Å²) in [4.78, 5) is 14.1. The predicted octanol–water partition coefficient (Wildman–Crippen LogP) is 1.65. The summed E-state index contributed by atoms with van der Waals surface area (Å²) in [6, 6.07) is 8.32. The molecule has 6 heteroatoms. The molecule has 0 saturated carbocycles. The zero-order valence-corrected chi connectivity index (χ0v) is 11.5. The van der Waals surface area contributed by atoms with Crippen LogP contribution >= 0.6 is 24.8 Å². The Bertz CT molecular complexity index is 428. The fourth-order valence-corrected chi connectivity index (χ4v) is 2.51. The number of para-hydroxylation sites is 2. The summed E-state index contributed by atoms with van der Waals surface area (Å²) in [6.45, 7) is 2.84. The number of nitrogens with zero attached hydrogens (tertiary/aromatic N) is 1. The molecule has 2 aliphatic heterocycles. The Morgan fingerprint density at radius 1 is 1.22 bits per heavy atom. The van der Waals surface area contributed by atoms with Gasteiger partial charge in [-0.2, -0.15) is 0 Å². The van der Waals surface area contributed by atoms with Gasteiger partial charge in [0.15, 0.2) is 0 Å². The van der Waals surface area contributed by atoms with E-state index in [4.69, 9.17) is 0 Å². The maximum absolute atomic E-state index is 11.7. The number of hydrogen-bond donors (Lipinski definition) is 2. The van der Waals surface area contributed by atoms with E-state index >= 15 is 0 Å². The van der Waals surface area contributed by atoms with Crippen LogP contribution in [0, 0.1) is 0 Å². The Morgan fingerprint density at radius 3 is 2.83 bits per heavy atom. The smallest absolute Gasteiger partial charge is 0.226 e. The van der Waals surface area contributed by atoms with Crippen LogP contribution in [0.25, 0.3) is 0 Å². The maximum Gasteiger partial charge on any atom is 0.226 e. The first-order valence-corrected chi connectivity index (χ1v) is 5.71. The van der Waals surface area contributed by atoms with Crippen molar-refractivity contribution in [3.05, 3.63) is 24.3 Å². The van der Waals surface area contributed by atoms with Crippen LogP contribution in [-0.2, 0) is 4.79 Å². The average molecular weight is 290 g/mol. The molecule has 1 amide bonds. The highest BCUT2D eigenvalue weighted by atomic mass is 35.5. The average Bonchev–Trinajstić information content (AvgIpc) is 2.44. The summed E-state index contributed by atoms with van der Waals surface area (Å²) in [7, 11) is 0. The number of fused-ring (bicyclic) bond motifs is 3. The lowest BCUT2D eigenvalue weighted by Gasteiger charge is -2.36. The van der Waals surface area contributed by atoms with Crippen LogP contribution in [0.15, 0.2) is 24.3 Å². The molecule has 0 spiro atoms. The number of anilines is 2. The van der Waals surface area contributed by atoms with Crippen molar-refractivity contribution in [2.45, 2.75) is 12.5 Å². The van der Waals surface area contributed by atoms with E-state index in [0.29, 0.717) is 6.42 Å². The minimum Gasteiger partial charge on any atom is -0.364 e. The summed E-state index contributed by atoms with van der Waals surface area (Å²) in [5.41, 5.74) is 2.09. The Hall–Kier alpha value is -0.970. The molecule has 100 valence electrons.